The van der Waals surface area contributed by atoms with E-state index in [1.807, 2.05) is 0 Å². The summed E-state index contributed by atoms with van der Waals surface area (Å²) in [6.45, 7) is 0. The van der Waals surface area contributed by atoms with E-state index in [9.17, 15) is 4.79 Å². The van der Waals surface area contributed by atoms with Crippen molar-refractivity contribution in [2.24, 2.45) is 0 Å². The molecule has 2 aliphatic rings. The number of fused-ring (bicyclic) bond motifs is 2. The van der Waals surface area contributed by atoms with Crippen molar-refractivity contribution in [3.63, 3.8) is 0 Å². The number of carbonyl (C=O) groups excluding carboxylic acids is 1. The number of nitrogens with one attached hydrogen (secondary N) is 1. The summed E-state index contributed by atoms with van der Waals surface area (Å²) in [6.07, 6.45) is 3.93. The van der Waals surface area contributed by atoms with Gasteiger partial charge in [-0.25, -0.2) is 0 Å². The summed E-state index contributed by atoms with van der Waals surface area (Å²) < 4.78 is 5.59. The Morgan fingerprint density at radius 2 is 2.42 bits per heavy atom. The maximum absolute atomic E-state index is 11.0. The SMILES string of the molecule is O=C(CS)NC1CC2CCC1O2. The zero-order valence-corrected chi connectivity index (χ0v) is 7.72. The van der Waals surface area contributed by atoms with Crippen LogP contribution in [0, 0.1) is 0 Å². The molecule has 3 nitrogen and oxygen atoms in total. The van der Waals surface area contributed by atoms with Gasteiger partial charge in [0.15, 0.2) is 0 Å². The van der Waals surface area contributed by atoms with E-state index in [1.54, 1.807) is 0 Å². The van der Waals surface area contributed by atoms with Crippen molar-refractivity contribution < 1.29 is 9.53 Å². The van der Waals surface area contributed by atoms with E-state index in [-0.39, 0.29) is 23.8 Å². The van der Waals surface area contributed by atoms with Crippen LogP contribution >= 0.6 is 12.6 Å². The number of hydrogen-bond donors (Lipinski definition) is 2. The number of hydrogen-bond acceptors (Lipinski definition) is 3. The average Bonchev–Trinajstić information content (AvgIpc) is 2.64. The number of rotatable bonds is 2. The molecule has 2 aliphatic heterocycles. The minimum Gasteiger partial charge on any atom is -0.373 e. The molecule has 2 saturated heterocycles. The first-order valence-electron chi connectivity index (χ1n) is 4.35. The van der Waals surface area contributed by atoms with Crippen LogP contribution in [-0.2, 0) is 9.53 Å². The third-order valence-corrected chi connectivity index (χ3v) is 2.88. The van der Waals surface area contributed by atoms with Gasteiger partial charge in [-0.2, -0.15) is 12.6 Å². The molecule has 0 spiro atoms. The number of thiol groups is 1. The monoisotopic (exact) mass is 187 g/mol. The van der Waals surface area contributed by atoms with Crippen LogP contribution in [0.2, 0.25) is 0 Å². The van der Waals surface area contributed by atoms with E-state index in [1.165, 1.54) is 0 Å². The molecule has 0 aromatic rings. The van der Waals surface area contributed by atoms with Crippen LogP contribution in [0.15, 0.2) is 0 Å². The lowest BCUT2D eigenvalue weighted by molar-refractivity contribution is -0.119. The Balaban J connectivity index is 1.86. The van der Waals surface area contributed by atoms with Gasteiger partial charge in [0, 0.05) is 0 Å². The average molecular weight is 187 g/mol. The van der Waals surface area contributed by atoms with E-state index in [0.717, 1.165) is 19.3 Å². The Labute approximate surface area is 77.3 Å². The Hall–Kier alpha value is -0.220. The molecule has 2 fully saturated rings. The van der Waals surface area contributed by atoms with Gasteiger partial charge in [-0.15, -0.1) is 0 Å². The van der Waals surface area contributed by atoms with Crippen molar-refractivity contribution in [2.75, 3.05) is 5.75 Å². The third kappa shape index (κ3) is 1.45. The quantitative estimate of drug-likeness (QED) is 0.612. The lowest BCUT2D eigenvalue weighted by atomic mass is 9.95. The third-order valence-electron chi connectivity index (χ3n) is 2.60. The first-order valence-corrected chi connectivity index (χ1v) is 4.98. The van der Waals surface area contributed by atoms with Crippen molar-refractivity contribution in [1.29, 1.82) is 0 Å². The maximum Gasteiger partial charge on any atom is 0.230 e. The highest BCUT2D eigenvalue weighted by atomic mass is 32.1. The molecule has 3 unspecified atom stereocenters. The molecule has 12 heavy (non-hydrogen) atoms. The molecule has 0 aromatic heterocycles. The van der Waals surface area contributed by atoms with Gasteiger partial charge in [-0.1, -0.05) is 0 Å². The van der Waals surface area contributed by atoms with E-state index >= 15 is 0 Å². The summed E-state index contributed by atoms with van der Waals surface area (Å²) in [4.78, 5) is 11.0. The van der Waals surface area contributed by atoms with E-state index in [2.05, 4.69) is 17.9 Å². The van der Waals surface area contributed by atoms with Crippen LogP contribution in [0.25, 0.3) is 0 Å². The summed E-state index contributed by atoms with van der Waals surface area (Å²) in [5, 5.41) is 2.92. The second-order valence-corrected chi connectivity index (χ2v) is 3.76. The zero-order chi connectivity index (χ0) is 8.55. The Bertz CT molecular complexity index is 197. The standard InChI is InChI=1S/C8H13NO2S/c10-8(4-12)9-6-3-5-1-2-7(6)11-5/h5-7,12H,1-4H2,(H,9,10). The normalized spacial score (nSPS) is 38.6. The molecule has 2 bridgehead atoms. The van der Waals surface area contributed by atoms with Crippen LogP contribution in [-0.4, -0.2) is 29.9 Å². The summed E-state index contributed by atoms with van der Waals surface area (Å²) in [5.74, 6) is 0.285. The fourth-order valence-corrected chi connectivity index (χ4v) is 2.13. The van der Waals surface area contributed by atoms with Crippen LogP contribution in [0.4, 0.5) is 0 Å². The van der Waals surface area contributed by atoms with Crippen molar-refractivity contribution >= 4 is 18.5 Å². The molecule has 1 N–H and O–H groups in total. The largest absolute Gasteiger partial charge is 0.373 e. The molecule has 4 heteroatoms. The van der Waals surface area contributed by atoms with Crippen molar-refractivity contribution in [2.45, 2.75) is 37.5 Å². The predicted octanol–water partition coefficient (Wildman–Crippen LogP) is 0.352. The highest BCUT2D eigenvalue weighted by molar-refractivity contribution is 7.81. The van der Waals surface area contributed by atoms with Gasteiger partial charge < -0.3 is 10.1 Å². The minimum atomic E-state index is 0.0134. The fraction of sp³-hybridized carbons (Fsp3) is 0.875. The highest BCUT2D eigenvalue weighted by Gasteiger charge is 2.41. The predicted molar refractivity (Wildman–Crippen MR) is 48.3 cm³/mol. The highest BCUT2D eigenvalue weighted by Crippen LogP contribution is 2.34. The molecule has 1 amide bonds. The van der Waals surface area contributed by atoms with E-state index in [4.69, 9.17) is 4.74 Å². The Morgan fingerprint density at radius 3 is 2.92 bits per heavy atom. The topological polar surface area (TPSA) is 38.3 Å². The van der Waals surface area contributed by atoms with Crippen LogP contribution in [0.1, 0.15) is 19.3 Å². The fourth-order valence-electron chi connectivity index (χ4n) is 2.04. The maximum atomic E-state index is 11.0. The second-order valence-electron chi connectivity index (χ2n) is 3.44. The molecule has 0 radical (unpaired) electrons. The first kappa shape index (κ1) is 8.38. The Kier molecular flexibility index (Phi) is 2.28. The molecule has 68 valence electrons. The minimum absolute atomic E-state index is 0.0134. The van der Waals surface area contributed by atoms with Crippen LogP contribution in [0.5, 0.6) is 0 Å². The molecule has 3 atom stereocenters. The second kappa shape index (κ2) is 3.26. The molecule has 0 aromatic carbocycles. The van der Waals surface area contributed by atoms with Gasteiger partial charge >= 0.3 is 0 Å². The lowest BCUT2D eigenvalue weighted by Crippen LogP contribution is -2.41. The first-order chi connectivity index (χ1) is 5.79. The number of ether oxygens (including phenoxy) is 1. The smallest absolute Gasteiger partial charge is 0.230 e. The van der Waals surface area contributed by atoms with Crippen LogP contribution < -0.4 is 5.32 Å². The van der Waals surface area contributed by atoms with Crippen molar-refractivity contribution in [3.8, 4) is 0 Å². The van der Waals surface area contributed by atoms with Gasteiger partial charge in [-0.05, 0) is 19.3 Å². The Morgan fingerprint density at radius 1 is 1.58 bits per heavy atom. The molecule has 0 saturated carbocycles. The molecule has 2 heterocycles. The van der Waals surface area contributed by atoms with E-state index in [0.29, 0.717) is 6.10 Å². The zero-order valence-electron chi connectivity index (χ0n) is 6.82. The van der Waals surface area contributed by atoms with Gasteiger partial charge in [0.05, 0.1) is 24.0 Å². The van der Waals surface area contributed by atoms with Crippen LogP contribution in [0.3, 0.4) is 0 Å². The van der Waals surface area contributed by atoms with Gasteiger partial charge in [0.2, 0.25) is 5.91 Å². The van der Waals surface area contributed by atoms with Crippen molar-refractivity contribution in [3.05, 3.63) is 0 Å². The summed E-state index contributed by atoms with van der Waals surface area (Å²) >= 11 is 3.91. The van der Waals surface area contributed by atoms with Gasteiger partial charge in [0.1, 0.15) is 0 Å². The van der Waals surface area contributed by atoms with Crippen molar-refractivity contribution in [1.82, 2.24) is 5.32 Å². The van der Waals surface area contributed by atoms with Gasteiger partial charge in [-0.3, -0.25) is 4.79 Å². The summed E-state index contributed by atoms with van der Waals surface area (Å²) in [6, 6.07) is 0.253. The summed E-state index contributed by atoms with van der Waals surface area (Å²) in [7, 11) is 0. The van der Waals surface area contributed by atoms with E-state index < -0.39 is 0 Å². The lowest BCUT2D eigenvalue weighted by Gasteiger charge is -2.19. The number of carbonyl (C=O) groups is 1. The number of amides is 1. The van der Waals surface area contributed by atoms with Gasteiger partial charge in [0.25, 0.3) is 0 Å². The molecular formula is C8H13NO2S. The molecule has 2 rings (SSSR count). The molecular weight excluding hydrogens is 174 g/mol. The summed E-state index contributed by atoms with van der Waals surface area (Å²) in [5.41, 5.74) is 0. The molecule has 0 aliphatic carbocycles.